The molecule has 0 amide bonds. The molecule has 0 spiro atoms. The molecule has 1 aromatic carbocycles. The number of rotatable bonds is 4. The Morgan fingerprint density at radius 2 is 1.71 bits per heavy atom. The highest BCUT2D eigenvalue weighted by molar-refractivity contribution is 7.45. The Bertz CT molecular complexity index is 358. The van der Waals surface area contributed by atoms with Crippen LogP contribution < -0.4 is 15.2 Å². The third kappa shape index (κ3) is 9.80. The highest BCUT2D eigenvalue weighted by atomic mass is 31.2. The summed E-state index contributed by atoms with van der Waals surface area (Å²) in [5, 5.41) is 0. The number of phosphoric acid groups is 1. The van der Waals surface area contributed by atoms with Crippen molar-refractivity contribution in [3.05, 3.63) is 24.3 Å². The Hall–Kier alpha value is -1.11. The van der Waals surface area contributed by atoms with Crippen molar-refractivity contribution in [2.45, 2.75) is 0 Å². The molecule has 17 heavy (non-hydrogen) atoms. The number of hydrogen-bond acceptors (Lipinski definition) is 4. The van der Waals surface area contributed by atoms with Crippen LogP contribution in [0, 0.1) is 0 Å². The van der Waals surface area contributed by atoms with E-state index in [4.69, 9.17) is 34.5 Å². The van der Waals surface area contributed by atoms with Crippen LogP contribution in [0.5, 0.6) is 11.5 Å². The van der Waals surface area contributed by atoms with E-state index in [0.717, 1.165) is 11.5 Å². The minimum Gasteiger partial charge on any atom is -0.493 e. The van der Waals surface area contributed by atoms with E-state index in [1.807, 2.05) is 24.3 Å². The molecule has 1 aromatic rings. The highest BCUT2D eigenvalue weighted by Crippen LogP contribution is 2.26. The molecule has 0 aliphatic carbocycles. The van der Waals surface area contributed by atoms with Gasteiger partial charge in [-0.1, -0.05) is 12.1 Å². The summed E-state index contributed by atoms with van der Waals surface area (Å²) >= 11 is 0. The molecule has 5 N–H and O–H groups in total. The van der Waals surface area contributed by atoms with E-state index in [9.17, 15) is 0 Å². The molecule has 7 nitrogen and oxygen atoms in total. The monoisotopic (exact) mass is 265 g/mol. The number of ether oxygens (including phenoxy) is 2. The fraction of sp³-hybridized carbons (Fsp3) is 0.333. The van der Waals surface area contributed by atoms with Crippen molar-refractivity contribution in [1.82, 2.24) is 0 Å². The van der Waals surface area contributed by atoms with Crippen LogP contribution in [-0.4, -0.2) is 34.9 Å². The predicted octanol–water partition coefficient (Wildman–Crippen LogP) is 0.104. The summed E-state index contributed by atoms with van der Waals surface area (Å²) in [6.07, 6.45) is 0. The molecule has 0 aromatic heterocycles. The summed E-state index contributed by atoms with van der Waals surface area (Å²) in [5.41, 5.74) is 5.30. The Kier molecular flexibility index (Phi) is 7.53. The van der Waals surface area contributed by atoms with Gasteiger partial charge in [0.2, 0.25) is 0 Å². The fourth-order valence-corrected chi connectivity index (χ4v) is 0.907. The summed E-state index contributed by atoms with van der Waals surface area (Å²) in [6.45, 7) is 1.03. The molecule has 0 aliphatic heterocycles. The van der Waals surface area contributed by atoms with E-state index < -0.39 is 7.82 Å². The van der Waals surface area contributed by atoms with Crippen molar-refractivity contribution >= 4 is 7.82 Å². The maximum atomic E-state index is 8.88. The Balaban J connectivity index is 0.000000437. The van der Waals surface area contributed by atoms with Gasteiger partial charge < -0.3 is 29.9 Å². The van der Waals surface area contributed by atoms with Gasteiger partial charge in [0.25, 0.3) is 0 Å². The summed E-state index contributed by atoms with van der Waals surface area (Å²) in [5.74, 6) is 1.48. The van der Waals surface area contributed by atoms with Crippen molar-refractivity contribution in [2.24, 2.45) is 5.73 Å². The number of benzene rings is 1. The second-order valence-corrected chi connectivity index (χ2v) is 3.83. The molecule has 0 unspecified atom stereocenters. The van der Waals surface area contributed by atoms with Gasteiger partial charge in [0.1, 0.15) is 6.61 Å². The first kappa shape index (κ1) is 15.9. The third-order valence-corrected chi connectivity index (χ3v) is 1.44. The molecule has 0 radical (unpaired) electrons. The smallest absolute Gasteiger partial charge is 0.466 e. The van der Waals surface area contributed by atoms with Crippen molar-refractivity contribution in [3.8, 4) is 11.5 Å². The molecular formula is C9H16NO6P. The van der Waals surface area contributed by atoms with Gasteiger partial charge in [-0.2, -0.15) is 0 Å². The van der Waals surface area contributed by atoms with Gasteiger partial charge in [-0.3, -0.25) is 0 Å². The highest BCUT2D eigenvalue weighted by Gasteiger charge is 2.00. The van der Waals surface area contributed by atoms with Gasteiger partial charge in [-0.15, -0.1) is 0 Å². The van der Waals surface area contributed by atoms with E-state index in [1.54, 1.807) is 7.11 Å². The third-order valence-electron chi connectivity index (χ3n) is 1.44. The molecule has 98 valence electrons. The average Bonchev–Trinajstić information content (AvgIpc) is 2.24. The minimum atomic E-state index is -4.64. The molecular weight excluding hydrogens is 249 g/mol. The van der Waals surface area contributed by atoms with Crippen LogP contribution in [0.2, 0.25) is 0 Å². The molecule has 0 aliphatic rings. The van der Waals surface area contributed by atoms with Gasteiger partial charge >= 0.3 is 7.82 Å². The lowest BCUT2D eigenvalue weighted by Crippen LogP contribution is -2.10. The van der Waals surface area contributed by atoms with Crippen LogP contribution >= 0.6 is 7.82 Å². The first-order valence-corrected chi connectivity index (χ1v) is 6.19. The Morgan fingerprint density at radius 1 is 1.24 bits per heavy atom. The van der Waals surface area contributed by atoms with E-state index in [1.165, 1.54) is 0 Å². The first-order valence-electron chi connectivity index (χ1n) is 4.62. The van der Waals surface area contributed by atoms with E-state index >= 15 is 0 Å². The molecule has 8 heteroatoms. The Labute approximate surface area is 99.0 Å². The van der Waals surface area contributed by atoms with Crippen molar-refractivity contribution in [1.29, 1.82) is 0 Å². The number of methoxy groups -OCH3 is 1. The van der Waals surface area contributed by atoms with Crippen molar-refractivity contribution in [3.63, 3.8) is 0 Å². The topological polar surface area (TPSA) is 122 Å². The summed E-state index contributed by atoms with van der Waals surface area (Å²) in [6, 6.07) is 7.50. The zero-order valence-corrected chi connectivity index (χ0v) is 10.2. The van der Waals surface area contributed by atoms with E-state index in [0.29, 0.717) is 13.2 Å². The summed E-state index contributed by atoms with van der Waals surface area (Å²) < 4.78 is 19.3. The zero-order valence-electron chi connectivity index (χ0n) is 9.31. The molecule has 0 bridgehead atoms. The average molecular weight is 265 g/mol. The summed E-state index contributed by atoms with van der Waals surface area (Å²) in [4.78, 5) is 21.6. The van der Waals surface area contributed by atoms with Crippen molar-refractivity contribution < 1.29 is 28.7 Å². The minimum absolute atomic E-state index is 0.512. The molecule has 0 fully saturated rings. The second kappa shape index (κ2) is 8.05. The van der Waals surface area contributed by atoms with Crippen LogP contribution in [0.15, 0.2) is 24.3 Å². The molecule has 0 heterocycles. The van der Waals surface area contributed by atoms with Gasteiger partial charge in [-0.05, 0) is 12.1 Å². The number of hydrogen-bond donors (Lipinski definition) is 4. The second-order valence-electron chi connectivity index (χ2n) is 2.80. The predicted molar refractivity (Wildman–Crippen MR) is 61.8 cm³/mol. The van der Waals surface area contributed by atoms with Crippen LogP contribution in [0.4, 0.5) is 0 Å². The van der Waals surface area contributed by atoms with Gasteiger partial charge in [0, 0.05) is 6.54 Å². The van der Waals surface area contributed by atoms with E-state index in [2.05, 4.69) is 0 Å². The van der Waals surface area contributed by atoms with Crippen LogP contribution in [0.1, 0.15) is 0 Å². The normalized spacial score (nSPS) is 10.2. The molecule has 1 rings (SSSR count). The summed E-state index contributed by atoms with van der Waals surface area (Å²) in [7, 11) is -3.02. The lowest BCUT2D eigenvalue weighted by Gasteiger charge is -2.08. The van der Waals surface area contributed by atoms with E-state index in [-0.39, 0.29) is 0 Å². The van der Waals surface area contributed by atoms with Gasteiger partial charge in [-0.25, -0.2) is 4.57 Å². The Morgan fingerprint density at radius 3 is 2.12 bits per heavy atom. The lowest BCUT2D eigenvalue weighted by atomic mass is 10.3. The quantitative estimate of drug-likeness (QED) is 0.569. The largest absolute Gasteiger partial charge is 0.493 e. The number of para-hydroxylation sites is 2. The van der Waals surface area contributed by atoms with Gasteiger partial charge in [0.05, 0.1) is 7.11 Å². The number of nitrogens with two attached hydrogens (primary N) is 1. The van der Waals surface area contributed by atoms with Crippen LogP contribution in [0.25, 0.3) is 0 Å². The SMILES string of the molecule is COc1ccccc1OCCN.O=P(O)(O)O. The first-order chi connectivity index (χ1) is 7.88. The fourth-order valence-electron chi connectivity index (χ4n) is 0.907. The maximum Gasteiger partial charge on any atom is 0.466 e. The van der Waals surface area contributed by atoms with Crippen LogP contribution in [-0.2, 0) is 4.57 Å². The molecule has 0 atom stereocenters. The standard InChI is InChI=1S/C9H13NO2.H3O4P/c1-11-8-4-2-3-5-9(8)12-7-6-10;1-5(2,3)4/h2-5H,6-7,10H2,1H3;(H3,1,2,3,4). The van der Waals surface area contributed by atoms with Crippen LogP contribution in [0.3, 0.4) is 0 Å². The van der Waals surface area contributed by atoms with Crippen molar-refractivity contribution in [2.75, 3.05) is 20.3 Å². The molecule has 0 saturated carbocycles. The molecule has 0 saturated heterocycles. The lowest BCUT2D eigenvalue weighted by molar-refractivity contribution is 0.275. The maximum absolute atomic E-state index is 8.88. The van der Waals surface area contributed by atoms with Gasteiger partial charge in [0.15, 0.2) is 11.5 Å². The zero-order chi connectivity index (χ0) is 13.3.